The van der Waals surface area contributed by atoms with Crippen molar-refractivity contribution < 1.29 is 22.7 Å². The van der Waals surface area contributed by atoms with Gasteiger partial charge in [0.15, 0.2) is 0 Å². The van der Waals surface area contributed by atoms with E-state index in [1.54, 1.807) is 37.3 Å². The maximum Gasteiger partial charge on any atom is 0.338 e. The van der Waals surface area contributed by atoms with Crippen molar-refractivity contribution in [2.75, 3.05) is 16.6 Å². The first kappa shape index (κ1) is 22.3. The summed E-state index contributed by atoms with van der Waals surface area (Å²) in [7, 11) is -3.88. The minimum atomic E-state index is -3.88. The van der Waals surface area contributed by atoms with Crippen molar-refractivity contribution in [2.24, 2.45) is 0 Å². The first-order chi connectivity index (χ1) is 14.8. The fourth-order valence-electron chi connectivity index (χ4n) is 2.72. The molecule has 0 saturated carbocycles. The van der Waals surface area contributed by atoms with Gasteiger partial charge in [-0.1, -0.05) is 41.9 Å². The van der Waals surface area contributed by atoms with E-state index in [1.165, 1.54) is 42.5 Å². The summed E-state index contributed by atoms with van der Waals surface area (Å²) in [5, 5.41) is 2.77. The third kappa shape index (κ3) is 5.42. The molecule has 0 atom stereocenters. The number of sulfonamides is 1. The Hall–Kier alpha value is -3.36. The van der Waals surface area contributed by atoms with Crippen LogP contribution in [0.1, 0.15) is 27.6 Å². The number of rotatable bonds is 7. The maximum atomic E-state index is 12.8. The van der Waals surface area contributed by atoms with Gasteiger partial charge in [-0.05, 0) is 49.4 Å². The summed E-state index contributed by atoms with van der Waals surface area (Å²) in [6, 6.07) is 18.4. The molecule has 0 fully saturated rings. The number of carbonyl (C=O) groups excluding carboxylic acids is 2. The van der Waals surface area contributed by atoms with Crippen LogP contribution in [-0.4, -0.2) is 26.9 Å². The molecule has 3 aromatic rings. The second-order valence-corrected chi connectivity index (χ2v) is 8.42. The highest BCUT2D eigenvalue weighted by atomic mass is 35.5. The second kappa shape index (κ2) is 9.63. The van der Waals surface area contributed by atoms with Crippen LogP contribution in [0.5, 0.6) is 0 Å². The quantitative estimate of drug-likeness (QED) is 0.505. The average molecular weight is 459 g/mol. The summed E-state index contributed by atoms with van der Waals surface area (Å²) in [6.45, 7) is 1.92. The first-order valence-electron chi connectivity index (χ1n) is 9.26. The lowest BCUT2D eigenvalue weighted by atomic mass is 10.1. The zero-order valence-electron chi connectivity index (χ0n) is 16.5. The van der Waals surface area contributed by atoms with E-state index in [4.69, 9.17) is 16.3 Å². The predicted octanol–water partition coefficient (Wildman–Crippen LogP) is 4.57. The molecule has 0 radical (unpaired) electrons. The molecule has 160 valence electrons. The molecule has 9 heteroatoms. The molecule has 3 aromatic carbocycles. The largest absolute Gasteiger partial charge is 0.462 e. The van der Waals surface area contributed by atoms with Crippen molar-refractivity contribution in [3.8, 4) is 0 Å². The molecule has 0 aromatic heterocycles. The molecule has 0 spiro atoms. The van der Waals surface area contributed by atoms with Crippen LogP contribution in [0.4, 0.5) is 11.4 Å². The van der Waals surface area contributed by atoms with Crippen LogP contribution in [0.3, 0.4) is 0 Å². The van der Waals surface area contributed by atoms with Gasteiger partial charge in [0, 0.05) is 0 Å². The molecule has 0 saturated heterocycles. The number of benzene rings is 3. The van der Waals surface area contributed by atoms with Gasteiger partial charge in [0.2, 0.25) is 0 Å². The Labute approximate surface area is 185 Å². The van der Waals surface area contributed by atoms with Crippen molar-refractivity contribution in [1.82, 2.24) is 0 Å². The molecule has 0 aliphatic carbocycles. The lowest BCUT2D eigenvalue weighted by molar-refractivity contribution is 0.0526. The number of ether oxygens (including phenoxy) is 1. The number of para-hydroxylation sites is 1. The number of hydrogen-bond acceptors (Lipinski definition) is 5. The number of anilines is 2. The van der Waals surface area contributed by atoms with E-state index >= 15 is 0 Å². The summed E-state index contributed by atoms with van der Waals surface area (Å²) in [5.41, 5.74) is 0.733. The highest BCUT2D eigenvalue weighted by Crippen LogP contribution is 2.26. The zero-order chi connectivity index (χ0) is 22.4. The van der Waals surface area contributed by atoms with Gasteiger partial charge in [-0.3, -0.25) is 9.52 Å². The highest BCUT2D eigenvalue weighted by molar-refractivity contribution is 7.92. The van der Waals surface area contributed by atoms with Gasteiger partial charge >= 0.3 is 5.97 Å². The molecule has 0 unspecified atom stereocenters. The fraction of sp³-hybridized carbons (Fsp3) is 0.0909. The van der Waals surface area contributed by atoms with Crippen molar-refractivity contribution in [3.05, 3.63) is 88.9 Å². The van der Waals surface area contributed by atoms with E-state index in [2.05, 4.69) is 10.0 Å². The van der Waals surface area contributed by atoms with Crippen LogP contribution >= 0.6 is 11.6 Å². The topological polar surface area (TPSA) is 102 Å². The van der Waals surface area contributed by atoms with Gasteiger partial charge in [-0.2, -0.15) is 0 Å². The van der Waals surface area contributed by atoms with E-state index in [0.29, 0.717) is 0 Å². The predicted molar refractivity (Wildman–Crippen MR) is 119 cm³/mol. The van der Waals surface area contributed by atoms with Crippen molar-refractivity contribution in [2.45, 2.75) is 11.8 Å². The molecule has 0 bridgehead atoms. The maximum absolute atomic E-state index is 12.8. The smallest absolute Gasteiger partial charge is 0.338 e. The van der Waals surface area contributed by atoms with E-state index < -0.39 is 21.9 Å². The second-order valence-electron chi connectivity index (χ2n) is 6.33. The van der Waals surface area contributed by atoms with E-state index in [-0.39, 0.29) is 39.0 Å². The van der Waals surface area contributed by atoms with Crippen molar-refractivity contribution in [3.63, 3.8) is 0 Å². The molecule has 0 aliphatic rings. The number of carbonyl (C=O) groups is 2. The Morgan fingerprint density at radius 1 is 0.935 bits per heavy atom. The van der Waals surface area contributed by atoms with Gasteiger partial charge in [0.05, 0.1) is 39.0 Å². The molecule has 3 rings (SSSR count). The van der Waals surface area contributed by atoms with Crippen LogP contribution < -0.4 is 10.0 Å². The van der Waals surface area contributed by atoms with Crippen molar-refractivity contribution in [1.29, 1.82) is 0 Å². The molecule has 0 heterocycles. The highest BCUT2D eigenvalue weighted by Gasteiger charge is 2.19. The van der Waals surface area contributed by atoms with Crippen LogP contribution in [0.25, 0.3) is 0 Å². The minimum Gasteiger partial charge on any atom is -0.462 e. The molecular weight excluding hydrogens is 440 g/mol. The van der Waals surface area contributed by atoms with Gasteiger partial charge < -0.3 is 10.1 Å². The molecule has 31 heavy (non-hydrogen) atoms. The Morgan fingerprint density at radius 2 is 1.61 bits per heavy atom. The van der Waals surface area contributed by atoms with Crippen LogP contribution in [0.15, 0.2) is 77.7 Å². The minimum absolute atomic E-state index is 0.0720. The van der Waals surface area contributed by atoms with E-state index in [0.717, 1.165) is 0 Å². The zero-order valence-corrected chi connectivity index (χ0v) is 18.0. The lowest BCUT2D eigenvalue weighted by Crippen LogP contribution is -2.18. The van der Waals surface area contributed by atoms with Crippen LogP contribution in [0.2, 0.25) is 5.02 Å². The van der Waals surface area contributed by atoms with E-state index in [1.807, 2.05) is 0 Å². The molecular formula is C22H19ClN2O5S. The Kier molecular flexibility index (Phi) is 6.94. The van der Waals surface area contributed by atoms with Crippen LogP contribution in [0, 0.1) is 0 Å². The summed E-state index contributed by atoms with van der Waals surface area (Å²) in [6.07, 6.45) is 0. The summed E-state index contributed by atoms with van der Waals surface area (Å²) < 4.78 is 32.6. The Bertz CT molecular complexity index is 1210. The van der Waals surface area contributed by atoms with Gasteiger partial charge in [-0.15, -0.1) is 0 Å². The normalized spacial score (nSPS) is 10.9. The summed E-state index contributed by atoms with van der Waals surface area (Å²) in [5.74, 6) is -1.10. The molecule has 1 amide bonds. The summed E-state index contributed by atoms with van der Waals surface area (Å²) >= 11 is 6.20. The lowest BCUT2D eigenvalue weighted by Gasteiger charge is -2.13. The third-order valence-electron chi connectivity index (χ3n) is 4.20. The van der Waals surface area contributed by atoms with E-state index in [9.17, 15) is 18.0 Å². The Morgan fingerprint density at radius 3 is 2.29 bits per heavy atom. The standard InChI is InChI=1S/C22H19ClN2O5S/c1-2-30-22(27)15-12-13-20(18(23)14-15)24-21(26)17-10-6-7-11-19(17)25-31(28,29)16-8-4-3-5-9-16/h3-14,25H,2H2,1H3,(H,24,26). The van der Waals surface area contributed by atoms with Crippen LogP contribution in [-0.2, 0) is 14.8 Å². The monoisotopic (exact) mass is 458 g/mol. The number of hydrogen-bond donors (Lipinski definition) is 2. The number of amides is 1. The fourth-order valence-corrected chi connectivity index (χ4v) is 4.05. The Balaban J connectivity index is 1.83. The van der Waals surface area contributed by atoms with Gasteiger partial charge in [0.25, 0.3) is 15.9 Å². The molecule has 2 N–H and O–H groups in total. The SMILES string of the molecule is CCOC(=O)c1ccc(NC(=O)c2ccccc2NS(=O)(=O)c2ccccc2)c(Cl)c1. The number of nitrogens with one attached hydrogen (secondary N) is 2. The number of esters is 1. The molecule has 0 aliphatic heterocycles. The number of halogens is 1. The van der Waals surface area contributed by atoms with Crippen molar-refractivity contribution >= 4 is 44.9 Å². The van der Waals surface area contributed by atoms with Gasteiger partial charge in [-0.25, -0.2) is 13.2 Å². The molecule has 7 nitrogen and oxygen atoms in total. The third-order valence-corrected chi connectivity index (χ3v) is 5.89. The average Bonchev–Trinajstić information content (AvgIpc) is 2.76. The first-order valence-corrected chi connectivity index (χ1v) is 11.1. The van der Waals surface area contributed by atoms with Gasteiger partial charge in [0.1, 0.15) is 0 Å². The summed E-state index contributed by atoms with van der Waals surface area (Å²) in [4.78, 5) is 24.7.